The van der Waals surface area contributed by atoms with Gasteiger partial charge in [0.1, 0.15) is 0 Å². The van der Waals surface area contributed by atoms with Crippen LogP contribution in [0.5, 0.6) is 0 Å². The third-order valence-corrected chi connectivity index (χ3v) is 2.64. The van der Waals surface area contributed by atoms with Crippen LogP contribution in [-0.4, -0.2) is 20.9 Å². The van der Waals surface area contributed by atoms with Gasteiger partial charge in [-0.2, -0.15) is 5.10 Å². The van der Waals surface area contributed by atoms with E-state index in [0.717, 1.165) is 6.20 Å². The number of carboxylic acids is 1. The summed E-state index contributed by atoms with van der Waals surface area (Å²) in [6.45, 7) is 1.54. The summed E-state index contributed by atoms with van der Waals surface area (Å²) < 4.78 is 26.5. The maximum atomic E-state index is 12.6. The Morgan fingerprint density at radius 3 is 2.39 bits per heavy atom. The van der Waals surface area contributed by atoms with Gasteiger partial charge in [-0.1, -0.05) is 0 Å². The molecule has 0 spiro atoms. The fourth-order valence-electron chi connectivity index (χ4n) is 1.64. The van der Waals surface area contributed by atoms with E-state index in [4.69, 9.17) is 5.11 Å². The lowest BCUT2D eigenvalue weighted by Gasteiger charge is -2.05. The van der Waals surface area contributed by atoms with E-state index in [1.54, 1.807) is 6.92 Å². The summed E-state index contributed by atoms with van der Waals surface area (Å²) >= 11 is 0. The minimum absolute atomic E-state index is 0.127. The molecule has 0 atom stereocenters. The molecule has 6 heteroatoms. The molecule has 0 saturated carbocycles. The first kappa shape index (κ1) is 12.2. The predicted octanol–water partition coefficient (Wildman–Crippen LogP) is 2.82. The van der Waals surface area contributed by atoms with Gasteiger partial charge >= 0.3 is 5.97 Å². The second-order valence-corrected chi connectivity index (χ2v) is 3.75. The van der Waals surface area contributed by atoms with Gasteiger partial charge in [0.2, 0.25) is 0 Å². The molecule has 0 bridgehead atoms. The summed E-state index contributed by atoms with van der Waals surface area (Å²) in [6, 6.07) is 5.86. The van der Waals surface area contributed by atoms with E-state index in [1.165, 1.54) is 28.9 Å². The van der Waals surface area contributed by atoms with Crippen molar-refractivity contribution in [1.29, 1.82) is 0 Å². The molecule has 1 N–H and O–H groups in total. The Bertz CT molecular complexity index is 576. The van der Waals surface area contributed by atoms with E-state index in [1.807, 2.05) is 0 Å². The van der Waals surface area contributed by atoms with Crippen LogP contribution < -0.4 is 0 Å². The van der Waals surface area contributed by atoms with Crippen LogP contribution in [0.1, 0.15) is 28.0 Å². The average molecular weight is 252 g/mol. The van der Waals surface area contributed by atoms with E-state index in [9.17, 15) is 13.6 Å². The molecule has 0 aliphatic heterocycles. The third kappa shape index (κ3) is 2.09. The van der Waals surface area contributed by atoms with Gasteiger partial charge in [-0.15, -0.1) is 0 Å². The van der Waals surface area contributed by atoms with Crippen LogP contribution in [0.2, 0.25) is 0 Å². The highest BCUT2D eigenvalue weighted by Gasteiger charge is 2.16. The Labute approximate surface area is 101 Å². The third-order valence-electron chi connectivity index (χ3n) is 2.64. The molecule has 0 aliphatic carbocycles. The van der Waals surface area contributed by atoms with Crippen LogP contribution in [0.25, 0.3) is 5.69 Å². The number of halogens is 2. The maximum absolute atomic E-state index is 12.6. The highest BCUT2D eigenvalue weighted by molar-refractivity contribution is 5.87. The number of benzene rings is 1. The highest BCUT2D eigenvalue weighted by atomic mass is 19.3. The lowest BCUT2D eigenvalue weighted by molar-refractivity contribution is 0.0697. The first-order valence-corrected chi connectivity index (χ1v) is 5.17. The second-order valence-electron chi connectivity index (χ2n) is 3.75. The molecule has 4 nitrogen and oxygen atoms in total. The molecule has 0 radical (unpaired) electrons. The van der Waals surface area contributed by atoms with Crippen molar-refractivity contribution in [2.24, 2.45) is 0 Å². The molecule has 0 saturated heterocycles. The van der Waals surface area contributed by atoms with Crippen molar-refractivity contribution in [1.82, 2.24) is 9.78 Å². The molecule has 0 unspecified atom stereocenters. The minimum Gasteiger partial charge on any atom is -0.478 e. The number of nitrogens with zero attached hydrogens (tertiary/aromatic N) is 2. The van der Waals surface area contributed by atoms with Gasteiger partial charge in [0.15, 0.2) is 0 Å². The van der Waals surface area contributed by atoms with Crippen molar-refractivity contribution < 1.29 is 18.7 Å². The molecule has 1 aromatic carbocycles. The van der Waals surface area contributed by atoms with Gasteiger partial charge in [-0.3, -0.25) is 0 Å². The average Bonchev–Trinajstić information content (AvgIpc) is 2.71. The number of rotatable bonds is 3. The van der Waals surface area contributed by atoms with Gasteiger partial charge in [0, 0.05) is 0 Å². The summed E-state index contributed by atoms with van der Waals surface area (Å²) in [4.78, 5) is 10.7. The van der Waals surface area contributed by atoms with Crippen molar-refractivity contribution in [2.45, 2.75) is 13.3 Å². The van der Waals surface area contributed by atoms with Crippen molar-refractivity contribution in [3.8, 4) is 5.69 Å². The monoisotopic (exact) mass is 252 g/mol. The molecular formula is C12H10F2N2O2. The number of hydrogen-bond acceptors (Lipinski definition) is 2. The van der Waals surface area contributed by atoms with Crippen molar-refractivity contribution >= 4 is 5.97 Å². The fraction of sp³-hybridized carbons (Fsp3) is 0.167. The topological polar surface area (TPSA) is 55.1 Å². The van der Waals surface area contributed by atoms with E-state index in [0.29, 0.717) is 11.4 Å². The summed E-state index contributed by atoms with van der Waals surface area (Å²) in [5.74, 6) is -1.04. The molecule has 2 rings (SSSR count). The normalized spacial score (nSPS) is 10.9. The fourth-order valence-corrected chi connectivity index (χ4v) is 1.64. The van der Waals surface area contributed by atoms with Gasteiger partial charge in [-0.25, -0.2) is 18.3 Å². The predicted molar refractivity (Wildman–Crippen MR) is 60.2 cm³/mol. The van der Waals surface area contributed by atoms with Gasteiger partial charge in [0.05, 0.1) is 28.7 Å². The molecule has 1 heterocycles. The Morgan fingerprint density at radius 2 is 1.94 bits per heavy atom. The quantitative estimate of drug-likeness (QED) is 0.913. The Balaban J connectivity index is 2.40. The number of alkyl halides is 2. The number of aromatic carboxylic acids is 1. The van der Waals surface area contributed by atoms with Crippen LogP contribution in [0, 0.1) is 6.92 Å². The molecular weight excluding hydrogens is 242 g/mol. The van der Waals surface area contributed by atoms with E-state index in [2.05, 4.69) is 5.10 Å². The van der Waals surface area contributed by atoms with E-state index < -0.39 is 12.4 Å². The number of hydrogen-bond donors (Lipinski definition) is 1. The first-order valence-electron chi connectivity index (χ1n) is 5.17. The van der Waals surface area contributed by atoms with Gasteiger partial charge in [0.25, 0.3) is 6.43 Å². The standard InChI is InChI=1S/C12H10F2N2O2/c1-7-10(11(13)14)6-15-16(7)9-4-2-8(3-5-9)12(17)18/h2-6,11H,1H3,(H,17,18). The van der Waals surface area contributed by atoms with Crippen LogP contribution in [0.4, 0.5) is 8.78 Å². The summed E-state index contributed by atoms with van der Waals surface area (Å²) in [7, 11) is 0. The zero-order valence-corrected chi connectivity index (χ0v) is 9.47. The Morgan fingerprint density at radius 1 is 1.33 bits per heavy atom. The van der Waals surface area contributed by atoms with Gasteiger partial charge in [-0.05, 0) is 31.2 Å². The molecule has 0 amide bonds. The lowest BCUT2D eigenvalue weighted by atomic mass is 10.2. The molecule has 18 heavy (non-hydrogen) atoms. The summed E-state index contributed by atoms with van der Waals surface area (Å²) in [5.41, 5.74) is 0.896. The molecule has 0 fully saturated rings. The maximum Gasteiger partial charge on any atom is 0.335 e. The van der Waals surface area contributed by atoms with Crippen molar-refractivity contribution in [2.75, 3.05) is 0 Å². The smallest absolute Gasteiger partial charge is 0.335 e. The van der Waals surface area contributed by atoms with Crippen molar-refractivity contribution in [3.05, 3.63) is 47.3 Å². The molecule has 94 valence electrons. The Kier molecular flexibility index (Phi) is 3.10. The first-order chi connectivity index (χ1) is 8.50. The molecule has 2 aromatic rings. The largest absolute Gasteiger partial charge is 0.478 e. The SMILES string of the molecule is Cc1c(C(F)F)cnn1-c1ccc(C(=O)O)cc1. The summed E-state index contributed by atoms with van der Waals surface area (Å²) in [6.07, 6.45) is -1.46. The van der Waals surface area contributed by atoms with Crippen LogP contribution in [-0.2, 0) is 0 Å². The van der Waals surface area contributed by atoms with E-state index in [-0.39, 0.29) is 11.1 Å². The van der Waals surface area contributed by atoms with Gasteiger partial charge < -0.3 is 5.11 Å². The molecule has 0 aliphatic rings. The van der Waals surface area contributed by atoms with Crippen LogP contribution in [0.3, 0.4) is 0 Å². The Hall–Kier alpha value is -2.24. The zero-order valence-electron chi connectivity index (χ0n) is 9.47. The van der Waals surface area contributed by atoms with E-state index >= 15 is 0 Å². The van der Waals surface area contributed by atoms with Crippen LogP contribution >= 0.6 is 0 Å². The number of carboxylic acid groups (broad SMARTS) is 1. The highest BCUT2D eigenvalue weighted by Crippen LogP contribution is 2.23. The number of carbonyl (C=O) groups is 1. The lowest BCUT2D eigenvalue weighted by Crippen LogP contribution is -2.01. The number of aromatic nitrogens is 2. The minimum atomic E-state index is -2.57. The molecule has 1 aromatic heterocycles. The summed E-state index contributed by atoms with van der Waals surface area (Å²) in [5, 5.41) is 12.6. The van der Waals surface area contributed by atoms with Crippen LogP contribution in [0.15, 0.2) is 30.5 Å². The van der Waals surface area contributed by atoms with Crippen molar-refractivity contribution in [3.63, 3.8) is 0 Å². The second kappa shape index (κ2) is 4.56. The zero-order chi connectivity index (χ0) is 13.3.